The number of hydrogen-bond acceptors (Lipinski definition) is 2. The second-order valence-electron chi connectivity index (χ2n) is 1.99. The molecule has 58 valence electrons. The lowest BCUT2D eigenvalue weighted by Gasteiger charge is -1.94. The number of carboxylic acid groups (broad SMARTS) is 1. The maximum Gasteiger partial charge on any atom is 0.354 e. The van der Waals surface area contributed by atoms with Crippen molar-refractivity contribution in [2.24, 2.45) is 0 Å². The second-order valence-corrected chi connectivity index (χ2v) is 1.99. The molecule has 0 saturated carbocycles. The molecule has 0 atom stereocenters. The van der Waals surface area contributed by atoms with Crippen molar-refractivity contribution in [2.75, 3.05) is 0 Å². The summed E-state index contributed by atoms with van der Waals surface area (Å²) in [6.45, 7) is -0.664. The summed E-state index contributed by atoms with van der Waals surface area (Å²) in [6.07, 6.45) is 1.28. The molecule has 1 aromatic rings. The molecule has 1 heterocycles. The molecule has 0 radical (unpaired) electrons. The van der Waals surface area contributed by atoms with E-state index in [-0.39, 0.29) is 5.69 Å². The van der Waals surface area contributed by atoms with Crippen molar-refractivity contribution in [3.05, 3.63) is 29.6 Å². The van der Waals surface area contributed by atoms with Gasteiger partial charge in [-0.2, -0.15) is 0 Å². The van der Waals surface area contributed by atoms with Crippen LogP contribution in [0.1, 0.15) is 16.1 Å². The van der Waals surface area contributed by atoms with Crippen LogP contribution in [0.3, 0.4) is 0 Å². The lowest BCUT2D eigenvalue weighted by Crippen LogP contribution is -1.99. The van der Waals surface area contributed by atoms with E-state index >= 15 is 0 Å². The Balaban J connectivity index is 3.01. The summed E-state index contributed by atoms with van der Waals surface area (Å²) in [7, 11) is 0. The average molecular weight is 155 g/mol. The SMILES string of the molecule is O=C(O)c1cc(CF)ccn1. The maximum absolute atomic E-state index is 11.9. The topological polar surface area (TPSA) is 50.2 Å². The lowest BCUT2D eigenvalue weighted by atomic mass is 10.2. The van der Waals surface area contributed by atoms with Crippen LogP contribution in [0.15, 0.2) is 18.3 Å². The first-order valence-corrected chi connectivity index (χ1v) is 2.98. The summed E-state index contributed by atoms with van der Waals surface area (Å²) < 4.78 is 11.9. The lowest BCUT2D eigenvalue weighted by molar-refractivity contribution is 0.0690. The van der Waals surface area contributed by atoms with Gasteiger partial charge in [-0.3, -0.25) is 0 Å². The third kappa shape index (κ3) is 1.73. The minimum atomic E-state index is -1.14. The fourth-order valence-electron chi connectivity index (χ4n) is 0.674. The van der Waals surface area contributed by atoms with Gasteiger partial charge < -0.3 is 5.11 Å². The van der Waals surface area contributed by atoms with E-state index in [0.717, 1.165) is 0 Å². The molecular formula is C7H6FNO2. The van der Waals surface area contributed by atoms with Crippen molar-refractivity contribution in [1.82, 2.24) is 4.98 Å². The van der Waals surface area contributed by atoms with E-state index in [2.05, 4.69) is 4.98 Å². The summed E-state index contributed by atoms with van der Waals surface area (Å²) in [5.74, 6) is -1.14. The predicted octanol–water partition coefficient (Wildman–Crippen LogP) is 1.25. The van der Waals surface area contributed by atoms with Gasteiger partial charge in [0.1, 0.15) is 12.4 Å². The molecule has 0 saturated heterocycles. The van der Waals surface area contributed by atoms with Gasteiger partial charge in [-0.15, -0.1) is 0 Å². The van der Waals surface area contributed by atoms with Crippen LogP contribution < -0.4 is 0 Å². The number of aromatic nitrogens is 1. The minimum Gasteiger partial charge on any atom is -0.477 e. The Morgan fingerprint density at radius 1 is 1.73 bits per heavy atom. The number of carboxylic acids is 1. The number of carbonyl (C=O) groups is 1. The summed E-state index contributed by atoms with van der Waals surface area (Å²) in [5, 5.41) is 8.42. The second kappa shape index (κ2) is 3.09. The molecule has 1 rings (SSSR count). The Kier molecular flexibility index (Phi) is 2.15. The van der Waals surface area contributed by atoms with E-state index < -0.39 is 12.6 Å². The third-order valence-corrected chi connectivity index (χ3v) is 1.20. The van der Waals surface area contributed by atoms with Crippen LogP contribution in [-0.4, -0.2) is 16.1 Å². The van der Waals surface area contributed by atoms with Crippen LogP contribution in [-0.2, 0) is 6.67 Å². The van der Waals surface area contributed by atoms with Gasteiger partial charge in [-0.05, 0) is 17.7 Å². The van der Waals surface area contributed by atoms with Gasteiger partial charge in [0, 0.05) is 6.20 Å². The van der Waals surface area contributed by atoms with Crippen molar-refractivity contribution in [1.29, 1.82) is 0 Å². The first-order valence-electron chi connectivity index (χ1n) is 2.98. The molecule has 1 N–H and O–H groups in total. The molecule has 0 aliphatic carbocycles. The molecule has 0 aromatic carbocycles. The Morgan fingerprint density at radius 3 is 3.00 bits per heavy atom. The number of pyridine rings is 1. The first kappa shape index (κ1) is 7.65. The summed E-state index contributed by atoms with van der Waals surface area (Å²) in [5.41, 5.74) is 0.206. The fraction of sp³-hybridized carbons (Fsp3) is 0.143. The molecular weight excluding hydrogens is 149 g/mol. The standard InChI is InChI=1S/C7H6FNO2/c8-4-5-1-2-9-6(3-5)7(10)11/h1-3H,4H2,(H,10,11). The number of hydrogen-bond donors (Lipinski definition) is 1. The van der Waals surface area contributed by atoms with Gasteiger partial charge >= 0.3 is 5.97 Å². The molecule has 0 aliphatic heterocycles. The number of aromatic carboxylic acids is 1. The van der Waals surface area contributed by atoms with Crippen molar-refractivity contribution >= 4 is 5.97 Å². The van der Waals surface area contributed by atoms with E-state index in [1.165, 1.54) is 18.3 Å². The normalized spacial score (nSPS) is 9.55. The monoisotopic (exact) mass is 155 g/mol. The summed E-state index contributed by atoms with van der Waals surface area (Å²) >= 11 is 0. The number of halogens is 1. The fourth-order valence-corrected chi connectivity index (χ4v) is 0.674. The van der Waals surface area contributed by atoms with Crippen LogP contribution >= 0.6 is 0 Å². The van der Waals surface area contributed by atoms with Crippen molar-refractivity contribution in [3.63, 3.8) is 0 Å². The van der Waals surface area contributed by atoms with Crippen LogP contribution in [0.5, 0.6) is 0 Å². The quantitative estimate of drug-likeness (QED) is 0.699. The molecule has 0 aliphatic rings. The van der Waals surface area contributed by atoms with Gasteiger partial charge in [-0.1, -0.05) is 0 Å². The zero-order chi connectivity index (χ0) is 8.27. The highest BCUT2D eigenvalue weighted by molar-refractivity contribution is 5.85. The highest BCUT2D eigenvalue weighted by Crippen LogP contribution is 2.02. The Bertz CT molecular complexity index is 275. The van der Waals surface area contributed by atoms with Gasteiger partial charge in [0.2, 0.25) is 0 Å². The van der Waals surface area contributed by atoms with E-state index in [1.54, 1.807) is 0 Å². The van der Waals surface area contributed by atoms with Gasteiger partial charge in [-0.25, -0.2) is 14.2 Å². The molecule has 0 amide bonds. The Labute approximate surface area is 62.5 Å². The molecule has 0 unspecified atom stereocenters. The molecule has 3 nitrogen and oxygen atoms in total. The number of alkyl halides is 1. The zero-order valence-electron chi connectivity index (χ0n) is 5.62. The van der Waals surface area contributed by atoms with E-state index in [0.29, 0.717) is 5.56 Å². The highest BCUT2D eigenvalue weighted by atomic mass is 19.1. The Hall–Kier alpha value is -1.45. The predicted molar refractivity (Wildman–Crippen MR) is 36.0 cm³/mol. The molecule has 11 heavy (non-hydrogen) atoms. The molecule has 4 heteroatoms. The van der Waals surface area contributed by atoms with Crippen molar-refractivity contribution in [2.45, 2.75) is 6.67 Å². The van der Waals surface area contributed by atoms with Crippen LogP contribution in [0.25, 0.3) is 0 Å². The maximum atomic E-state index is 11.9. The molecule has 0 bridgehead atoms. The van der Waals surface area contributed by atoms with Gasteiger partial charge in [0.25, 0.3) is 0 Å². The molecule has 0 fully saturated rings. The largest absolute Gasteiger partial charge is 0.477 e. The van der Waals surface area contributed by atoms with Crippen LogP contribution in [0.4, 0.5) is 4.39 Å². The van der Waals surface area contributed by atoms with Gasteiger partial charge in [0.05, 0.1) is 0 Å². The Morgan fingerprint density at radius 2 is 2.45 bits per heavy atom. The summed E-state index contributed by atoms with van der Waals surface area (Å²) in [6, 6.07) is 2.65. The minimum absolute atomic E-state index is 0.125. The third-order valence-electron chi connectivity index (χ3n) is 1.20. The van der Waals surface area contributed by atoms with Crippen LogP contribution in [0.2, 0.25) is 0 Å². The smallest absolute Gasteiger partial charge is 0.354 e. The van der Waals surface area contributed by atoms with E-state index in [1.807, 2.05) is 0 Å². The molecule has 1 aromatic heterocycles. The number of nitrogens with zero attached hydrogens (tertiary/aromatic N) is 1. The van der Waals surface area contributed by atoms with Crippen molar-refractivity contribution in [3.8, 4) is 0 Å². The average Bonchev–Trinajstić information content (AvgIpc) is 2.05. The molecule has 0 spiro atoms. The van der Waals surface area contributed by atoms with E-state index in [4.69, 9.17) is 5.11 Å². The first-order chi connectivity index (χ1) is 5.24. The van der Waals surface area contributed by atoms with E-state index in [9.17, 15) is 9.18 Å². The zero-order valence-corrected chi connectivity index (χ0v) is 5.62. The highest BCUT2D eigenvalue weighted by Gasteiger charge is 2.03. The summed E-state index contributed by atoms with van der Waals surface area (Å²) in [4.78, 5) is 13.8. The van der Waals surface area contributed by atoms with Gasteiger partial charge in [0.15, 0.2) is 0 Å². The van der Waals surface area contributed by atoms with Crippen molar-refractivity contribution < 1.29 is 14.3 Å². The number of rotatable bonds is 2. The van der Waals surface area contributed by atoms with Crippen LogP contribution in [0, 0.1) is 0 Å².